The molecule has 1 aromatic carbocycles. The fourth-order valence-electron chi connectivity index (χ4n) is 1.80. The summed E-state index contributed by atoms with van der Waals surface area (Å²) in [7, 11) is 1.78. The van der Waals surface area contributed by atoms with Crippen LogP contribution in [0.15, 0.2) is 12.1 Å². The van der Waals surface area contributed by atoms with Crippen molar-refractivity contribution in [3.05, 3.63) is 28.3 Å². The summed E-state index contributed by atoms with van der Waals surface area (Å²) < 4.78 is 5.53. The van der Waals surface area contributed by atoms with E-state index in [2.05, 4.69) is 12.2 Å². The Hall–Kier alpha value is -1.42. The maximum Gasteiger partial charge on any atom is 0.319 e. The maximum atomic E-state index is 11.7. The zero-order chi connectivity index (χ0) is 15.1. The maximum absolute atomic E-state index is 11.7. The summed E-state index contributed by atoms with van der Waals surface area (Å²) >= 11 is 6.09. The summed E-state index contributed by atoms with van der Waals surface area (Å²) in [5.74, 6) is 0.709. The number of unbranched alkanes of at least 4 members (excludes halogenated alkanes) is 1. The minimum Gasteiger partial charge on any atom is -0.473 e. The van der Waals surface area contributed by atoms with Gasteiger partial charge in [-0.2, -0.15) is 0 Å². The highest BCUT2D eigenvalue weighted by molar-refractivity contribution is 6.32. The third-order valence-corrected chi connectivity index (χ3v) is 3.66. The van der Waals surface area contributed by atoms with Crippen molar-refractivity contribution in [2.75, 3.05) is 20.3 Å². The summed E-state index contributed by atoms with van der Waals surface area (Å²) in [5, 5.41) is 3.48. The van der Waals surface area contributed by atoms with Gasteiger partial charge in [0.2, 0.25) is 0 Å². The highest BCUT2D eigenvalue weighted by atomic mass is 35.5. The van der Waals surface area contributed by atoms with E-state index in [0.717, 1.165) is 35.5 Å². The topological polar surface area (TPSA) is 41.6 Å². The van der Waals surface area contributed by atoms with Crippen molar-refractivity contribution in [2.45, 2.75) is 33.6 Å². The van der Waals surface area contributed by atoms with Gasteiger partial charge in [0, 0.05) is 18.6 Å². The number of urea groups is 1. The largest absolute Gasteiger partial charge is 0.473 e. The summed E-state index contributed by atoms with van der Waals surface area (Å²) in [5.41, 5.74) is 1.93. The molecule has 0 aliphatic carbocycles. The van der Waals surface area contributed by atoms with E-state index in [9.17, 15) is 4.79 Å². The van der Waals surface area contributed by atoms with Crippen LogP contribution in [-0.4, -0.2) is 31.3 Å². The zero-order valence-electron chi connectivity index (χ0n) is 12.6. The van der Waals surface area contributed by atoms with Crippen molar-refractivity contribution in [3.63, 3.8) is 0 Å². The number of hydrogen-bond donors (Lipinski definition) is 1. The number of nitrogens with zero attached hydrogens (tertiary/aromatic N) is 1. The van der Waals surface area contributed by atoms with Crippen molar-refractivity contribution in [2.24, 2.45) is 0 Å². The van der Waals surface area contributed by atoms with E-state index in [1.54, 1.807) is 11.9 Å². The first-order valence-electron chi connectivity index (χ1n) is 6.84. The molecule has 1 rings (SSSR count). The van der Waals surface area contributed by atoms with Crippen LogP contribution < -0.4 is 10.1 Å². The number of amides is 2. The minimum absolute atomic E-state index is 0.124. The van der Waals surface area contributed by atoms with Crippen LogP contribution in [0.2, 0.25) is 5.02 Å². The van der Waals surface area contributed by atoms with E-state index in [4.69, 9.17) is 16.3 Å². The Kier molecular flexibility index (Phi) is 6.65. The standard InChI is InChI=1S/C15H23ClN2O2/c1-5-6-7-18(4)15(19)17-10-20-13-8-11(2)14(16)12(3)9-13/h8-9H,5-7,10H2,1-4H3,(H,17,19). The fourth-order valence-corrected chi connectivity index (χ4v) is 1.91. The van der Waals surface area contributed by atoms with Gasteiger partial charge in [-0.1, -0.05) is 24.9 Å². The van der Waals surface area contributed by atoms with Crippen LogP contribution in [0.25, 0.3) is 0 Å². The van der Waals surface area contributed by atoms with Crippen molar-refractivity contribution in [1.29, 1.82) is 0 Å². The van der Waals surface area contributed by atoms with Gasteiger partial charge in [0.05, 0.1) is 0 Å². The van der Waals surface area contributed by atoms with Gasteiger partial charge >= 0.3 is 6.03 Å². The molecule has 5 heteroatoms. The zero-order valence-corrected chi connectivity index (χ0v) is 13.4. The molecule has 0 heterocycles. The lowest BCUT2D eigenvalue weighted by molar-refractivity contribution is 0.193. The molecule has 0 aliphatic heterocycles. The van der Waals surface area contributed by atoms with Crippen molar-refractivity contribution >= 4 is 17.6 Å². The Morgan fingerprint density at radius 3 is 2.50 bits per heavy atom. The Bertz CT molecular complexity index is 440. The van der Waals surface area contributed by atoms with Gasteiger partial charge in [0.1, 0.15) is 5.75 Å². The van der Waals surface area contributed by atoms with Gasteiger partial charge in [0.25, 0.3) is 0 Å². The molecule has 1 aromatic rings. The van der Waals surface area contributed by atoms with Crippen LogP contribution in [0.4, 0.5) is 4.79 Å². The number of nitrogens with one attached hydrogen (secondary N) is 1. The Morgan fingerprint density at radius 2 is 1.95 bits per heavy atom. The molecular weight excluding hydrogens is 276 g/mol. The number of halogens is 1. The third kappa shape index (κ3) is 4.93. The molecule has 0 saturated carbocycles. The van der Waals surface area contributed by atoms with E-state index in [-0.39, 0.29) is 12.8 Å². The predicted molar refractivity (Wildman–Crippen MR) is 82.5 cm³/mol. The van der Waals surface area contributed by atoms with Gasteiger partial charge in [-0.05, 0) is 43.5 Å². The van der Waals surface area contributed by atoms with Gasteiger partial charge in [-0.15, -0.1) is 0 Å². The molecule has 0 unspecified atom stereocenters. The van der Waals surface area contributed by atoms with Crippen LogP contribution in [-0.2, 0) is 0 Å². The molecule has 4 nitrogen and oxygen atoms in total. The molecule has 0 saturated heterocycles. The van der Waals surface area contributed by atoms with Crippen LogP contribution in [0.5, 0.6) is 5.75 Å². The first-order chi connectivity index (χ1) is 9.45. The Balaban J connectivity index is 2.43. The average molecular weight is 299 g/mol. The normalized spacial score (nSPS) is 10.2. The van der Waals surface area contributed by atoms with Gasteiger partial charge in [0.15, 0.2) is 6.73 Å². The van der Waals surface area contributed by atoms with Crippen molar-refractivity contribution in [3.8, 4) is 5.75 Å². The molecule has 112 valence electrons. The molecule has 0 aromatic heterocycles. The highest BCUT2D eigenvalue weighted by Gasteiger charge is 2.07. The molecule has 0 radical (unpaired) electrons. The summed E-state index contributed by atoms with van der Waals surface area (Å²) in [4.78, 5) is 13.4. The third-order valence-electron chi connectivity index (χ3n) is 3.07. The average Bonchev–Trinajstić information content (AvgIpc) is 2.41. The SMILES string of the molecule is CCCCN(C)C(=O)NCOc1cc(C)c(Cl)c(C)c1. The molecule has 20 heavy (non-hydrogen) atoms. The number of ether oxygens (including phenoxy) is 1. The molecule has 0 bridgehead atoms. The fraction of sp³-hybridized carbons (Fsp3) is 0.533. The second-order valence-corrected chi connectivity index (χ2v) is 5.29. The van der Waals surface area contributed by atoms with E-state index >= 15 is 0 Å². The van der Waals surface area contributed by atoms with Crippen molar-refractivity contribution in [1.82, 2.24) is 10.2 Å². The molecule has 0 aliphatic rings. The van der Waals surface area contributed by atoms with Crippen LogP contribution in [0.1, 0.15) is 30.9 Å². The predicted octanol–water partition coefficient (Wildman–Crippen LogP) is 3.73. The number of carbonyl (C=O) groups is 1. The molecule has 0 fully saturated rings. The van der Waals surface area contributed by atoms with Gasteiger partial charge < -0.3 is 15.0 Å². The van der Waals surface area contributed by atoms with E-state index in [1.807, 2.05) is 26.0 Å². The summed E-state index contributed by atoms with van der Waals surface area (Å²) in [6.07, 6.45) is 2.07. The van der Waals surface area contributed by atoms with E-state index < -0.39 is 0 Å². The van der Waals surface area contributed by atoms with Gasteiger partial charge in [-0.3, -0.25) is 0 Å². The van der Waals surface area contributed by atoms with Crippen LogP contribution >= 0.6 is 11.6 Å². The molecule has 1 N–H and O–H groups in total. The first-order valence-corrected chi connectivity index (χ1v) is 7.22. The second kappa shape index (κ2) is 8.00. The number of aryl methyl sites for hydroxylation is 2. The summed E-state index contributed by atoms with van der Waals surface area (Å²) in [6.45, 7) is 6.86. The lowest BCUT2D eigenvalue weighted by atomic mass is 10.1. The first kappa shape index (κ1) is 16.6. The van der Waals surface area contributed by atoms with Gasteiger partial charge in [-0.25, -0.2) is 4.79 Å². The Labute approximate surface area is 126 Å². The highest BCUT2D eigenvalue weighted by Crippen LogP contribution is 2.25. The number of carbonyl (C=O) groups excluding carboxylic acids is 1. The lowest BCUT2D eigenvalue weighted by Crippen LogP contribution is -2.39. The minimum atomic E-state index is -0.124. The second-order valence-electron chi connectivity index (χ2n) is 4.92. The van der Waals surface area contributed by atoms with Crippen LogP contribution in [0.3, 0.4) is 0 Å². The quantitative estimate of drug-likeness (QED) is 0.813. The number of hydrogen-bond acceptors (Lipinski definition) is 2. The smallest absolute Gasteiger partial charge is 0.319 e. The molecule has 0 spiro atoms. The Morgan fingerprint density at radius 1 is 1.35 bits per heavy atom. The van der Waals surface area contributed by atoms with E-state index in [0.29, 0.717) is 5.75 Å². The van der Waals surface area contributed by atoms with Crippen LogP contribution in [0, 0.1) is 13.8 Å². The summed E-state index contributed by atoms with van der Waals surface area (Å²) in [6, 6.07) is 3.60. The molecular formula is C15H23ClN2O2. The molecule has 2 amide bonds. The number of benzene rings is 1. The molecule has 0 atom stereocenters. The lowest BCUT2D eigenvalue weighted by Gasteiger charge is -2.18. The monoisotopic (exact) mass is 298 g/mol. The number of rotatable bonds is 6. The van der Waals surface area contributed by atoms with Crippen molar-refractivity contribution < 1.29 is 9.53 Å². The van der Waals surface area contributed by atoms with E-state index in [1.165, 1.54) is 0 Å².